The molecule has 1 aromatic rings. The Hall–Kier alpha value is -1.35. The summed E-state index contributed by atoms with van der Waals surface area (Å²) >= 11 is 0. The average molecular weight is 288 g/mol. The van der Waals surface area contributed by atoms with Gasteiger partial charge in [0.25, 0.3) is 0 Å². The van der Waals surface area contributed by atoms with Crippen molar-refractivity contribution in [2.75, 3.05) is 11.9 Å². The van der Waals surface area contributed by atoms with Crippen LogP contribution in [0.3, 0.4) is 0 Å². The van der Waals surface area contributed by atoms with E-state index in [2.05, 4.69) is 50.0 Å². The molecule has 0 spiro atoms. The third kappa shape index (κ3) is 4.57. The highest BCUT2D eigenvalue weighted by Gasteiger charge is 2.31. The zero-order valence-electron chi connectivity index (χ0n) is 13.7. The second kappa shape index (κ2) is 7.08. The minimum absolute atomic E-state index is 0.0897. The second-order valence-electron chi connectivity index (χ2n) is 6.48. The van der Waals surface area contributed by atoms with Crippen molar-refractivity contribution in [3.63, 3.8) is 0 Å². The van der Waals surface area contributed by atoms with Gasteiger partial charge in [0.15, 0.2) is 0 Å². The number of hydrogen-bond donors (Lipinski definition) is 1. The Morgan fingerprint density at radius 1 is 1.24 bits per heavy atom. The minimum Gasteiger partial charge on any atom is -0.325 e. The highest BCUT2D eigenvalue weighted by Crippen LogP contribution is 2.28. The molecule has 2 rings (SSSR count). The zero-order chi connectivity index (χ0) is 15.4. The van der Waals surface area contributed by atoms with Crippen molar-refractivity contribution in [1.82, 2.24) is 4.90 Å². The van der Waals surface area contributed by atoms with Gasteiger partial charge in [0.1, 0.15) is 0 Å². The summed E-state index contributed by atoms with van der Waals surface area (Å²) in [7, 11) is 0. The van der Waals surface area contributed by atoms with Gasteiger partial charge in [-0.15, -0.1) is 0 Å². The molecule has 1 atom stereocenters. The summed E-state index contributed by atoms with van der Waals surface area (Å²) in [5, 5.41) is 3.01. The highest BCUT2D eigenvalue weighted by molar-refractivity contribution is 5.92. The lowest BCUT2D eigenvalue weighted by molar-refractivity contribution is -0.117. The SMILES string of the molecule is CCC(C)c1ccc(NC(=O)CN(C(C)C)C2CC2)cc1. The van der Waals surface area contributed by atoms with Gasteiger partial charge in [-0.3, -0.25) is 9.69 Å². The van der Waals surface area contributed by atoms with Crippen LogP contribution in [0.4, 0.5) is 5.69 Å². The molecule has 1 N–H and O–H groups in total. The quantitative estimate of drug-likeness (QED) is 0.822. The summed E-state index contributed by atoms with van der Waals surface area (Å²) in [6.07, 6.45) is 3.60. The number of hydrogen-bond acceptors (Lipinski definition) is 2. The van der Waals surface area contributed by atoms with Crippen LogP contribution in [0, 0.1) is 0 Å². The Labute approximate surface area is 128 Å². The number of rotatable bonds is 7. The number of nitrogens with zero attached hydrogens (tertiary/aromatic N) is 1. The second-order valence-corrected chi connectivity index (χ2v) is 6.48. The van der Waals surface area contributed by atoms with Crippen molar-refractivity contribution < 1.29 is 4.79 Å². The standard InChI is InChI=1S/C18H28N2O/c1-5-14(4)15-6-8-16(9-7-15)19-18(21)12-20(13(2)3)17-10-11-17/h6-9,13-14,17H,5,10-12H2,1-4H3,(H,19,21). The van der Waals surface area contributed by atoms with Crippen molar-refractivity contribution in [3.8, 4) is 0 Å². The first-order valence-electron chi connectivity index (χ1n) is 8.16. The minimum atomic E-state index is 0.0897. The molecule has 1 aliphatic carbocycles. The molecule has 0 radical (unpaired) electrons. The van der Waals surface area contributed by atoms with Crippen LogP contribution in [0.1, 0.15) is 58.4 Å². The number of nitrogens with one attached hydrogen (secondary N) is 1. The van der Waals surface area contributed by atoms with Gasteiger partial charge in [0.05, 0.1) is 6.54 Å². The van der Waals surface area contributed by atoms with E-state index < -0.39 is 0 Å². The maximum absolute atomic E-state index is 12.2. The van der Waals surface area contributed by atoms with Crippen LogP contribution in [-0.2, 0) is 4.79 Å². The molecule has 0 bridgehead atoms. The van der Waals surface area contributed by atoms with E-state index in [1.54, 1.807) is 0 Å². The van der Waals surface area contributed by atoms with E-state index >= 15 is 0 Å². The van der Waals surface area contributed by atoms with Gasteiger partial charge in [0.2, 0.25) is 5.91 Å². The van der Waals surface area contributed by atoms with Crippen LogP contribution in [0.2, 0.25) is 0 Å². The van der Waals surface area contributed by atoms with Gasteiger partial charge in [-0.05, 0) is 56.7 Å². The number of carbonyl (C=O) groups is 1. The van der Waals surface area contributed by atoms with Crippen LogP contribution < -0.4 is 5.32 Å². The normalized spacial score (nSPS) is 16.3. The van der Waals surface area contributed by atoms with E-state index in [1.165, 1.54) is 18.4 Å². The fourth-order valence-corrected chi connectivity index (χ4v) is 2.64. The Kier molecular flexibility index (Phi) is 5.40. The first kappa shape index (κ1) is 16.0. The molecule has 0 heterocycles. The molecule has 0 saturated heterocycles. The molecule has 0 aliphatic heterocycles. The van der Waals surface area contributed by atoms with Gasteiger partial charge < -0.3 is 5.32 Å². The van der Waals surface area contributed by atoms with Crippen molar-refractivity contribution in [3.05, 3.63) is 29.8 Å². The Bertz CT molecular complexity index is 461. The summed E-state index contributed by atoms with van der Waals surface area (Å²) in [6.45, 7) is 9.23. The molecule has 116 valence electrons. The number of amides is 1. The van der Waals surface area contributed by atoms with Crippen molar-refractivity contribution in [2.45, 2.75) is 65.0 Å². The van der Waals surface area contributed by atoms with E-state index in [-0.39, 0.29) is 5.91 Å². The maximum Gasteiger partial charge on any atom is 0.238 e. The average Bonchev–Trinajstić information content (AvgIpc) is 3.29. The van der Waals surface area contributed by atoms with Gasteiger partial charge >= 0.3 is 0 Å². The molecule has 21 heavy (non-hydrogen) atoms. The van der Waals surface area contributed by atoms with Gasteiger partial charge in [-0.2, -0.15) is 0 Å². The molecule has 1 unspecified atom stereocenters. The lowest BCUT2D eigenvalue weighted by atomic mass is 9.99. The molecule has 3 heteroatoms. The molecular formula is C18H28N2O. The van der Waals surface area contributed by atoms with E-state index in [0.29, 0.717) is 24.5 Å². The molecule has 1 fully saturated rings. The van der Waals surface area contributed by atoms with E-state index in [1.807, 2.05) is 12.1 Å². The third-order valence-corrected chi connectivity index (χ3v) is 4.38. The molecule has 1 aromatic carbocycles. The van der Waals surface area contributed by atoms with E-state index in [9.17, 15) is 4.79 Å². The van der Waals surface area contributed by atoms with Crippen LogP contribution in [0.5, 0.6) is 0 Å². The summed E-state index contributed by atoms with van der Waals surface area (Å²) < 4.78 is 0. The lowest BCUT2D eigenvalue weighted by Crippen LogP contribution is -2.39. The first-order valence-corrected chi connectivity index (χ1v) is 8.16. The molecule has 1 amide bonds. The maximum atomic E-state index is 12.2. The third-order valence-electron chi connectivity index (χ3n) is 4.38. The molecule has 0 aromatic heterocycles. The van der Waals surface area contributed by atoms with Gasteiger partial charge in [0, 0.05) is 17.8 Å². The van der Waals surface area contributed by atoms with Crippen molar-refractivity contribution in [2.24, 2.45) is 0 Å². The summed E-state index contributed by atoms with van der Waals surface area (Å²) in [6, 6.07) is 9.29. The molecular weight excluding hydrogens is 260 g/mol. The van der Waals surface area contributed by atoms with Crippen LogP contribution >= 0.6 is 0 Å². The fraction of sp³-hybridized carbons (Fsp3) is 0.611. The number of benzene rings is 1. The predicted octanol–water partition coefficient (Wildman–Crippen LogP) is 4.01. The van der Waals surface area contributed by atoms with E-state index in [4.69, 9.17) is 0 Å². The molecule has 1 saturated carbocycles. The van der Waals surface area contributed by atoms with Crippen molar-refractivity contribution >= 4 is 11.6 Å². The summed E-state index contributed by atoms with van der Waals surface area (Å²) in [5.74, 6) is 0.660. The highest BCUT2D eigenvalue weighted by atomic mass is 16.2. The van der Waals surface area contributed by atoms with E-state index in [0.717, 1.165) is 12.1 Å². The Morgan fingerprint density at radius 3 is 2.33 bits per heavy atom. The van der Waals surface area contributed by atoms with Crippen molar-refractivity contribution in [1.29, 1.82) is 0 Å². The molecule has 1 aliphatic rings. The first-order chi connectivity index (χ1) is 10.0. The lowest BCUT2D eigenvalue weighted by Gasteiger charge is -2.25. The summed E-state index contributed by atoms with van der Waals surface area (Å²) in [4.78, 5) is 14.5. The fourth-order valence-electron chi connectivity index (χ4n) is 2.64. The largest absolute Gasteiger partial charge is 0.325 e. The summed E-state index contributed by atoms with van der Waals surface area (Å²) in [5.41, 5.74) is 2.23. The Morgan fingerprint density at radius 2 is 1.86 bits per heavy atom. The smallest absolute Gasteiger partial charge is 0.238 e. The number of anilines is 1. The Balaban J connectivity index is 1.90. The predicted molar refractivity (Wildman–Crippen MR) is 88.6 cm³/mol. The van der Waals surface area contributed by atoms with Crippen LogP contribution in [-0.4, -0.2) is 29.4 Å². The van der Waals surface area contributed by atoms with Crippen LogP contribution in [0.25, 0.3) is 0 Å². The molecule has 3 nitrogen and oxygen atoms in total. The van der Waals surface area contributed by atoms with Crippen LogP contribution in [0.15, 0.2) is 24.3 Å². The zero-order valence-corrected chi connectivity index (χ0v) is 13.7. The monoisotopic (exact) mass is 288 g/mol. The van der Waals surface area contributed by atoms with Gasteiger partial charge in [-0.1, -0.05) is 26.0 Å². The topological polar surface area (TPSA) is 32.3 Å². The number of carbonyl (C=O) groups excluding carboxylic acids is 1. The van der Waals surface area contributed by atoms with Gasteiger partial charge in [-0.25, -0.2) is 0 Å².